The maximum absolute atomic E-state index is 11.5. The molecule has 2 aromatic carbocycles. The minimum atomic E-state index is -0.0662. The number of likely N-dealkylation sites (N-methyl/N-ethyl adjacent to an activating group) is 1. The molecule has 23 heavy (non-hydrogen) atoms. The van der Waals surface area contributed by atoms with Crippen molar-refractivity contribution < 1.29 is 9.53 Å². The van der Waals surface area contributed by atoms with Crippen molar-refractivity contribution in [2.24, 2.45) is 0 Å². The molecule has 0 unspecified atom stereocenters. The van der Waals surface area contributed by atoms with E-state index in [2.05, 4.69) is 13.0 Å². The van der Waals surface area contributed by atoms with E-state index in [0.29, 0.717) is 18.0 Å². The van der Waals surface area contributed by atoms with E-state index in [9.17, 15) is 4.79 Å². The highest BCUT2D eigenvalue weighted by Crippen LogP contribution is 2.24. The zero-order valence-corrected chi connectivity index (χ0v) is 13.7. The van der Waals surface area contributed by atoms with Crippen molar-refractivity contribution in [2.75, 3.05) is 19.8 Å². The zero-order chi connectivity index (χ0) is 16.8. The van der Waals surface area contributed by atoms with Crippen molar-refractivity contribution in [2.45, 2.75) is 13.5 Å². The Labute approximate surface area is 137 Å². The molecule has 2 rings (SSSR count). The van der Waals surface area contributed by atoms with Crippen LogP contribution in [0.3, 0.4) is 0 Å². The van der Waals surface area contributed by atoms with Gasteiger partial charge in [0, 0.05) is 20.2 Å². The summed E-state index contributed by atoms with van der Waals surface area (Å²) in [6.07, 6.45) is 3.26. The van der Waals surface area contributed by atoms with Crippen LogP contribution in [0.15, 0.2) is 48.5 Å². The number of benzene rings is 2. The predicted octanol–water partition coefficient (Wildman–Crippen LogP) is 3.26. The Kier molecular flexibility index (Phi) is 5.41. The third kappa shape index (κ3) is 4.61. The highest BCUT2D eigenvalue weighted by molar-refractivity contribution is 5.91. The number of nitrogen functional groups attached to an aromatic ring is 1. The number of nitrogens with two attached hydrogens (primary N) is 1. The molecule has 1 amide bonds. The van der Waals surface area contributed by atoms with Gasteiger partial charge in [-0.15, -0.1) is 0 Å². The number of amides is 1. The Morgan fingerprint density at radius 3 is 2.61 bits per heavy atom. The first-order valence-electron chi connectivity index (χ1n) is 7.43. The van der Waals surface area contributed by atoms with E-state index in [-0.39, 0.29) is 5.91 Å². The summed E-state index contributed by atoms with van der Waals surface area (Å²) in [5.74, 6) is 0.577. The number of ether oxygens (including phenoxy) is 1. The molecule has 0 fully saturated rings. The lowest BCUT2D eigenvalue weighted by atomic mass is 10.1. The van der Waals surface area contributed by atoms with Crippen LogP contribution in [0, 0.1) is 6.92 Å². The Hall–Kier alpha value is -2.75. The molecule has 0 saturated carbocycles. The van der Waals surface area contributed by atoms with Gasteiger partial charge in [-0.25, -0.2) is 0 Å². The van der Waals surface area contributed by atoms with Crippen LogP contribution in [0.1, 0.15) is 16.7 Å². The maximum atomic E-state index is 11.5. The third-order valence-corrected chi connectivity index (χ3v) is 3.54. The molecule has 0 aliphatic heterocycles. The summed E-state index contributed by atoms with van der Waals surface area (Å²) in [7, 11) is 3.42. The average Bonchev–Trinajstić information content (AvgIpc) is 2.53. The molecule has 0 atom stereocenters. The highest BCUT2D eigenvalue weighted by atomic mass is 16.5. The molecule has 4 nitrogen and oxygen atoms in total. The van der Waals surface area contributed by atoms with Gasteiger partial charge in [-0.2, -0.15) is 0 Å². The van der Waals surface area contributed by atoms with Crippen molar-refractivity contribution in [1.29, 1.82) is 0 Å². The number of hydrogen-bond acceptors (Lipinski definition) is 3. The van der Waals surface area contributed by atoms with E-state index in [4.69, 9.17) is 10.5 Å². The van der Waals surface area contributed by atoms with Gasteiger partial charge in [-0.05, 0) is 41.8 Å². The fraction of sp³-hybridized carbons (Fsp3) is 0.211. The number of nitrogens with zero attached hydrogens (tertiary/aromatic N) is 1. The third-order valence-electron chi connectivity index (χ3n) is 3.54. The quantitative estimate of drug-likeness (QED) is 0.681. The van der Waals surface area contributed by atoms with Gasteiger partial charge in [0.15, 0.2) is 0 Å². The minimum absolute atomic E-state index is 0.0662. The van der Waals surface area contributed by atoms with Crippen LogP contribution in [0.5, 0.6) is 5.75 Å². The lowest BCUT2D eigenvalue weighted by Crippen LogP contribution is -2.18. The summed E-state index contributed by atoms with van der Waals surface area (Å²) in [4.78, 5) is 13.1. The number of carbonyl (C=O) groups is 1. The summed E-state index contributed by atoms with van der Waals surface area (Å²) >= 11 is 0. The topological polar surface area (TPSA) is 55.6 Å². The van der Waals surface area contributed by atoms with Crippen LogP contribution >= 0.6 is 0 Å². The number of carbonyl (C=O) groups excluding carboxylic acids is 1. The Bertz CT molecular complexity index is 721. The second-order valence-electron chi connectivity index (χ2n) is 5.58. The smallest absolute Gasteiger partial charge is 0.246 e. The largest absolute Gasteiger partial charge is 0.487 e. The van der Waals surface area contributed by atoms with Crippen LogP contribution in [-0.4, -0.2) is 24.9 Å². The molecule has 0 aliphatic rings. The van der Waals surface area contributed by atoms with Crippen LogP contribution in [0.2, 0.25) is 0 Å². The summed E-state index contributed by atoms with van der Waals surface area (Å²) in [6.45, 7) is 2.53. The van der Waals surface area contributed by atoms with E-state index in [1.807, 2.05) is 30.3 Å². The van der Waals surface area contributed by atoms with Gasteiger partial charge in [-0.3, -0.25) is 4.79 Å². The van der Waals surface area contributed by atoms with Gasteiger partial charge in [0.05, 0.1) is 5.69 Å². The number of aryl methyl sites for hydroxylation is 1. The Morgan fingerprint density at radius 2 is 1.96 bits per heavy atom. The standard InChI is InChI=1S/C19H22N2O2/c1-14-6-4-5-7-16(14)13-23-18-10-8-15(12-17(18)20)9-11-19(22)21(2)3/h4-12H,13,20H2,1-3H3/b11-9-. The monoisotopic (exact) mass is 310 g/mol. The molecule has 0 spiro atoms. The summed E-state index contributed by atoms with van der Waals surface area (Å²) in [5, 5.41) is 0. The molecule has 0 saturated heterocycles. The van der Waals surface area contributed by atoms with E-state index in [1.54, 1.807) is 26.2 Å². The molecule has 0 radical (unpaired) electrons. The number of anilines is 1. The maximum Gasteiger partial charge on any atom is 0.246 e. The van der Waals surface area contributed by atoms with E-state index < -0.39 is 0 Å². The molecule has 2 aromatic rings. The van der Waals surface area contributed by atoms with Crippen molar-refractivity contribution in [3.05, 3.63) is 65.2 Å². The van der Waals surface area contributed by atoms with Crippen molar-refractivity contribution in [3.8, 4) is 5.75 Å². The second kappa shape index (κ2) is 7.49. The van der Waals surface area contributed by atoms with E-state index in [1.165, 1.54) is 16.5 Å². The van der Waals surface area contributed by atoms with E-state index >= 15 is 0 Å². The molecule has 120 valence electrons. The number of rotatable bonds is 5. The molecule has 0 aliphatic carbocycles. The average molecular weight is 310 g/mol. The van der Waals surface area contributed by atoms with Crippen LogP contribution < -0.4 is 10.5 Å². The van der Waals surface area contributed by atoms with Crippen LogP contribution in [-0.2, 0) is 11.4 Å². The SMILES string of the molecule is Cc1ccccc1COc1ccc(/C=C\C(=O)N(C)C)cc1N. The fourth-order valence-electron chi connectivity index (χ4n) is 2.05. The molecule has 0 bridgehead atoms. The second-order valence-corrected chi connectivity index (χ2v) is 5.58. The molecular weight excluding hydrogens is 288 g/mol. The van der Waals surface area contributed by atoms with Gasteiger partial charge < -0.3 is 15.4 Å². The summed E-state index contributed by atoms with van der Waals surface area (Å²) in [6, 6.07) is 13.6. The minimum Gasteiger partial charge on any atom is -0.487 e. The van der Waals surface area contributed by atoms with Gasteiger partial charge in [0.1, 0.15) is 12.4 Å². The first-order valence-corrected chi connectivity index (χ1v) is 7.43. The fourth-order valence-corrected chi connectivity index (χ4v) is 2.05. The first kappa shape index (κ1) is 16.6. The van der Waals surface area contributed by atoms with Gasteiger partial charge in [0.2, 0.25) is 5.91 Å². The summed E-state index contributed by atoms with van der Waals surface area (Å²) < 4.78 is 5.80. The van der Waals surface area contributed by atoms with Crippen LogP contribution in [0.4, 0.5) is 5.69 Å². The van der Waals surface area contributed by atoms with Gasteiger partial charge in [0.25, 0.3) is 0 Å². The number of hydrogen-bond donors (Lipinski definition) is 1. The zero-order valence-electron chi connectivity index (χ0n) is 13.7. The molecule has 0 heterocycles. The van der Waals surface area contributed by atoms with Gasteiger partial charge >= 0.3 is 0 Å². The molecular formula is C19H22N2O2. The summed E-state index contributed by atoms with van der Waals surface area (Å²) in [5.41, 5.74) is 9.77. The van der Waals surface area contributed by atoms with E-state index in [0.717, 1.165) is 11.1 Å². The molecule has 4 heteroatoms. The normalized spacial score (nSPS) is 10.7. The Morgan fingerprint density at radius 1 is 1.22 bits per heavy atom. The lowest BCUT2D eigenvalue weighted by Gasteiger charge is -2.11. The molecule has 0 aromatic heterocycles. The highest BCUT2D eigenvalue weighted by Gasteiger charge is 2.04. The Balaban J connectivity index is 2.05. The first-order chi connectivity index (χ1) is 11.0. The van der Waals surface area contributed by atoms with Crippen molar-refractivity contribution in [1.82, 2.24) is 4.90 Å². The molecule has 2 N–H and O–H groups in total. The van der Waals surface area contributed by atoms with Gasteiger partial charge in [-0.1, -0.05) is 30.3 Å². The van der Waals surface area contributed by atoms with Crippen molar-refractivity contribution in [3.63, 3.8) is 0 Å². The van der Waals surface area contributed by atoms with Crippen LogP contribution in [0.25, 0.3) is 6.08 Å². The predicted molar refractivity (Wildman–Crippen MR) is 94.1 cm³/mol. The lowest BCUT2D eigenvalue weighted by molar-refractivity contribution is -0.123. The van der Waals surface area contributed by atoms with Crippen molar-refractivity contribution >= 4 is 17.7 Å².